The molecule has 0 N–H and O–H groups in total. The fourth-order valence-corrected chi connectivity index (χ4v) is 4.18. The average Bonchev–Trinajstić information content (AvgIpc) is 2.45. The van der Waals surface area contributed by atoms with Gasteiger partial charge in [0.1, 0.15) is 0 Å². The minimum Gasteiger partial charge on any atom is -0.381 e. The number of ether oxygens (including phenoxy) is 1. The van der Waals surface area contributed by atoms with Crippen molar-refractivity contribution in [2.45, 2.75) is 116 Å². The van der Waals surface area contributed by atoms with E-state index in [2.05, 4.69) is 26.6 Å². The number of unbranched alkanes of at least 4 members (excludes halogenated alkanes) is 11. The molecule has 0 aromatic carbocycles. The summed E-state index contributed by atoms with van der Waals surface area (Å²) >= 11 is 0. The van der Waals surface area contributed by atoms with Crippen molar-refractivity contribution in [3.05, 3.63) is 0 Å². The molecular formula is C20H44OSi. The first-order valence-electron chi connectivity index (χ1n) is 10.1. The maximum atomic E-state index is 5.50. The third kappa shape index (κ3) is 20.2. The van der Waals surface area contributed by atoms with Gasteiger partial charge >= 0.3 is 0 Å². The molecular weight excluding hydrogens is 284 g/mol. The molecule has 0 aromatic rings. The highest BCUT2D eigenvalue weighted by Gasteiger charge is 2.11. The van der Waals surface area contributed by atoms with E-state index >= 15 is 0 Å². The Morgan fingerprint density at radius 3 is 1.36 bits per heavy atom. The van der Waals surface area contributed by atoms with Crippen LogP contribution >= 0.6 is 0 Å². The summed E-state index contributed by atoms with van der Waals surface area (Å²) in [5.41, 5.74) is 0. The third-order valence-corrected chi connectivity index (χ3v) is 6.17. The molecule has 2 heteroatoms. The number of hydrogen-bond donors (Lipinski definition) is 0. The van der Waals surface area contributed by atoms with Gasteiger partial charge in [-0.25, -0.2) is 0 Å². The molecule has 0 aliphatic heterocycles. The Morgan fingerprint density at radius 2 is 0.955 bits per heavy atom. The molecule has 0 rings (SSSR count). The van der Waals surface area contributed by atoms with Crippen molar-refractivity contribution in [2.75, 3.05) is 13.2 Å². The second-order valence-corrected chi connectivity index (χ2v) is 13.8. The molecule has 0 aliphatic rings. The molecule has 0 aliphatic carbocycles. The van der Waals surface area contributed by atoms with Crippen LogP contribution in [0.5, 0.6) is 0 Å². The Hall–Kier alpha value is 0.177. The van der Waals surface area contributed by atoms with Gasteiger partial charge in [-0.15, -0.1) is 0 Å². The standard InChI is InChI=1S/C20H44OSi/c1-5-18-21-19-16-14-12-10-8-6-7-9-11-13-15-17-20-22(2,3)4/h5-20H2,1-4H3. The summed E-state index contributed by atoms with van der Waals surface area (Å²) in [6.45, 7) is 11.6. The van der Waals surface area contributed by atoms with Crippen LogP contribution in [0.4, 0.5) is 0 Å². The highest BCUT2D eigenvalue weighted by atomic mass is 28.3. The Labute approximate surface area is 142 Å². The summed E-state index contributed by atoms with van der Waals surface area (Å²) in [7, 11) is -0.772. The van der Waals surface area contributed by atoms with Gasteiger partial charge < -0.3 is 4.74 Å². The third-order valence-electron chi connectivity index (χ3n) is 4.31. The van der Waals surface area contributed by atoms with Crippen LogP contribution in [0.2, 0.25) is 25.7 Å². The molecule has 0 bridgehead atoms. The second-order valence-electron chi connectivity index (χ2n) is 8.17. The molecule has 0 unspecified atom stereocenters. The van der Waals surface area contributed by atoms with Crippen LogP contribution in [-0.4, -0.2) is 21.3 Å². The summed E-state index contributed by atoms with van der Waals surface area (Å²) in [6.07, 6.45) is 18.4. The van der Waals surface area contributed by atoms with E-state index in [1.165, 1.54) is 83.1 Å². The van der Waals surface area contributed by atoms with Gasteiger partial charge in [0, 0.05) is 21.3 Å². The molecule has 0 atom stereocenters. The minimum atomic E-state index is -0.772. The van der Waals surface area contributed by atoms with Crippen molar-refractivity contribution in [3.8, 4) is 0 Å². The zero-order valence-electron chi connectivity index (χ0n) is 16.2. The lowest BCUT2D eigenvalue weighted by Gasteiger charge is -2.14. The van der Waals surface area contributed by atoms with E-state index < -0.39 is 8.07 Å². The minimum absolute atomic E-state index is 0.772. The molecule has 0 saturated heterocycles. The zero-order valence-corrected chi connectivity index (χ0v) is 17.2. The summed E-state index contributed by atoms with van der Waals surface area (Å²) in [5, 5.41) is 0. The monoisotopic (exact) mass is 328 g/mol. The molecule has 0 amide bonds. The predicted molar refractivity (Wildman–Crippen MR) is 105 cm³/mol. The quantitative estimate of drug-likeness (QED) is 0.199. The molecule has 0 saturated carbocycles. The van der Waals surface area contributed by atoms with Gasteiger partial charge in [0.2, 0.25) is 0 Å². The first-order chi connectivity index (χ1) is 10.6. The van der Waals surface area contributed by atoms with E-state index in [0.717, 1.165) is 19.6 Å². The summed E-state index contributed by atoms with van der Waals surface area (Å²) in [4.78, 5) is 0. The van der Waals surface area contributed by atoms with Gasteiger partial charge in [-0.2, -0.15) is 0 Å². The first-order valence-corrected chi connectivity index (χ1v) is 13.8. The Bertz CT molecular complexity index is 210. The highest BCUT2D eigenvalue weighted by Crippen LogP contribution is 2.16. The summed E-state index contributed by atoms with van der Waals surface area (Å²) in [5.74, 6) is 0. The Morgan fingerprint density at radius 1 is 0.545 bits per heavy atom. The van der Waals surface area contributed by atoms with Crippen LogP contribution in [0.15, 0.2) is 0 Å². The lowest BCUT2D eigenvalue weighted by molar-refractivity contribution is 0.130. The Balaban J connectivity index is 3.00. The van der Waals surface area contributed by atoms with Gasteiger partial charge in [-0.3, -0.25) is 0 Å². The summed E-state index contributed by atoms with van der Waals surface area (Å²) in [6, 6.07) is 1.52. The molecule has 0 heterocycles. The average molecular weight is 329 g/mol. The fraction of sp³-hybridized carbons (Fsp3) is 1.00. The topological polar surface area (TPSA) is 9.23 Å². The SMILES string of the molecule is CCCOCCCCCCCCCCCCCC[Si](C)(C)C. The van der Waals surface area contributed by atoms with Gasteiger partial charge in [0.25, 0.3) is 0 Å². The molecule has 1 nitrogen and oxygen atoms in total. The van der Waals surface area contributed by atoms with E-state index in [1.54, 1.807) is 0 Å². The van der Waals surface area contributed by atoms with E-state index in [0.29, 0.717) is 0 Å². The van der Waals surface area contributed by atoms with Crippen molar-refractivity contribution in [1.29, 1.82) is 0 Å². The first kappa shape index (κ1) is 22.2. The van der Waals surface area contributed by atoms with Crippen LogP contribution in [0.3, 0.4) is 0 Å². The smallest absolute Gasteiger partial charge is 0.0466 e. The van der Waals surface area contributed by atoms with E-state index in [9.17, 15) is 0 Å². The summed E-state index contributed by atoms with van der Waals surface area (Å²) < 4.78 is 5.50. The normalized spacial score (nSPS) is 12.0. The fourth-order valence-electron chi connectivity index (χ4n) is 2.87. The van der Waals surface area contributed by atoms with Gasteiger partial charge in [0.05, 0.1) is 0 Å². The van der Waals surface area contributed by atoms with Crippen LogP contribution in [0.1, 0.15) is 90.4 Å². The number of hydrogen-bond acceptors (Lipinski definition) is 1. The molecule has 0 aromatic heterocycles. The van der Waals surface area contributed by atoms with E-state index in [-0.39, 0.29) is 0 Å². The highest BCUT2D eigenvalue weighted by molar-refractivity contribution is 6.76. The molecule has 0 fully saturated rings. The molecule has 0 radical (unpaired) electrons. The molecule has 0 spiro atoms. The van der Waals surface area contributed by atoms with Crippen molar-refractivity contribution < 1.29 is 4.74 Å². The Kier molecular flexibility index (Phi) is 16.2. The van der Waals surface area contributed by atoms with Gasteiger partial charge in [-0.05, 0) is 12.8 Å². The van der Waals surface area contributed by atoms with Gasteiger partial charge in [-0.1, -0.05) is 103 Å². The maximum Gasteiger partial charge on any atom is 0.0466 e. The molecule has 22 heavy (non-hydrogen) atoms. The van der Waals surface area contributed by atoms with E-state index in [1.807, 2.05) is 0 Å². The van der Waals surface area contributed by atoms with Crippen LogP contribution in [-0.2, 0) is 4.74 Å². The van der Waals surface area contributed by atoms with Crippen LogP contribution < -0.4 is 0 Å². The zero-order chi connectivity index (χ0) is 16.5. The van der Waals surface area contributed by atoms with Crippen LogP contribution in [0.25, 0.3) is 0 Å². The van der Waals surface area contributed by atoms with Crippen molar-refractivity contribution in [2.24, 2.45) is 0 Å². The number of rotatable bonds is 17. The largest absolute Gasteiger partial charge is 0.381 e. The van der Waals surface area contributed by atoms with Crippen molar-refractivity contribution >= 4 is 8.07 Å². The lowest BCUT2D eigenvalue weighted by Crippen LogP contribution is -2.18. The predicted octanol–water partition coefficient (Wildman–Crippen LogP) is 7.43. The van der Waals surface area contributed by atoms with Gasteiger partial charge in [0.15, 0.2) is 0 Å². The molecule has 134 valence electrons. The van der Waals surface area contributed by atoms with Crippen LogP contribution in [0, 0.1) is 0 Å². The van der Waals surface area contributed by atoms with Crippen molar-refractivity contribution in [3.63, 3.8) is 0 Å². The van der Waals surface area contributed by atoms with Crippen molar-refractivity contribution in [1.82, 2.24) is 0 Å². The van der Waals surface area contributed by atoms with E-state index in [4.69, 9.17) is 4.74 Å². The maximum absolute atomic E-state index is 5.50. The second kappa shape index (κ2) is 16.0. The lowest BCUT2D eigenvalue weighted by atomic mass is 10.1.